The molecule has 158 valence electrons. The van der Waals surface area contributed by atoms with E-state index in [9.17, 15) is 5.11 Å². The third kappa shape index (κ3) is 9.36. The molecule has 1 saturated heterocycles. The van der Waals surface area contributed by atoms with Crippen LogP contribution in [0.1, 0.15) is 95.8 Å². The minimum Gasteiger partial charge on any atom is -0.388 e. The minimum atomic E-state index is -0.589. The second kappa shape index (κ2) is 14.8. The first kappa shape index (κ1) is 23.1. The topological polar surface area (TPSA) is 38.7 Å². The molecule has 0 unspecified atom stereocenters. The van der Waals surface area contributed by atoms with E-state index in [0.717, 1.165) is 12.0 Å². The van der Waals surface area contributed by atoms with Crippen molar-refractivity contribution in [3.8, 4) is 0 Å². The molecule has 1 aromatic rings. The maximum Gasteiger partial charge on any atom is 0.184 e. The first-order valence-corrected chi connectivity index (χ1v) is 11.5. The Morgan fingerprint density at radius 2 is 1.50 bits per heavy atom. The number of hydrogen-bond donors (Lipinski definition) is 1. The lowest BCUT2D eigenvalue weighted by molar-refractivity contribution is -0.243. The summed E-state index contributed by atoms with van der Waals surface area (Å²) in [4.78, 5) is 0. The summed E-state index contributed by atoms with van der Waals surface area (Å²) in [6.45, 7) is 2.59. The Morgan fingerprint density at radius 3 is 2.14 bits per heavy atom. The molecule has 1 heterocycles. The predicted octanol–water partition coefficient (Wildman–Crippen LogP) is 6.72. The Balaban J connectivity index is 1.51. The van der Waals surface area contributed by atoms with Crippen molar-refractivity contribution in [1.29, 1.82) is 0 Å². The average Bonchev–Trinajstić information content (AvgIpc) is 2.73. The van der Waals surface area contributed by atoms with Crippen LogP contribution >= 0.6 is 0 Å². The Bertz CT molecular complexity index is 514. The molecular formula is C25H40O3. The molecule has 0 spiro atoms. The van der Waals surface area contributed by atoms with Crippen molar-refractivity contribution >= 4 is 0 Å². The Morgan fingerprint density at radius 1 is 0.893 bits per heavy atom. The Kier molecular flexibility index (Phi) is 12.2. The Labute approximate surface area is 172 Å². The van der Waals surface area contributed by atoms with E-state index in [1.165, 1.54) is 70.6 Å². The predicted molar refractivity (Wildman–Crippen MR) is 116 cm³/mol. The molecule has 0 amide bonds. The van der Waals surface area contributed by atoms with Crippen LogP contribution in [0.5, 0.6) is 0 Å². The van der Waals surface area contributed by atoms with Gasteiger partial charge < -0.3 is 14.6 Å². The van der Waals surface area contributed by atoms with Gasteiger partial charge >= 0.3 is 0 Å². The van der Waals surface area contributed by atoms with Gasteiger partial charge in [0.05, 0.1) is 6.61 Å². The fourth-order valence-corrected chi connectivity index (χ4v) is 3.67. The third-order valence-electron chi connectivity index (χ3n) is 5.45. The van der Waals surface area contributed by atoms with Crippen molar-refractivity contribution < 1.29 is 14.6 Å². The van der Waals surface area contributed by atoms with Crippen LogP contribution in [0, 0.1) is 0 Å². The summed E-state index contributed by atoms with van der Waals surface area (Å²) in [5.41, 5.74) is 0.998. The maximum atomic E-state index is 10.1. The third-order valence-corrected chi connectivity index (χ3v) is 5.45. The van der Waals surface area contributed by atoms with Crippen molar-refractivity contribution in [3.05, 3.63) is 48.0 Å². The lowest BCUT2D eigenvalue weighted by atomic mass is 10.0. The average molecular weight is 389 g/mol. The second-order valence-corrected chi connectivity index (χ2v) is 8.00. The quantitative estimate of drug-likeness (QED) is 0.284. The first-order chi connectivity index (χ1) is 13.8. The van der Waals surface area contributed by atoms with Crippen LogP contribution in [-0.2, 0) is 9.47 Å². The van der Waals surface area contributed by atoms with E-state index in [0.29, 0.717) is 6.61 Å². The highest BCUT2D eigenvalue weighted by Gasteiger charge is 2.29. The molecule has 1 fully saturated rings. The van der Waals surface area contributed by atoms with E-state index in [4.69, 9.17) is 9.47 Å². The van der Waals surface area contributed by atoms with Gasteiger partial charge in [-0.25, -0.2) is 0 Å². The lowest BCUT2D eigenvalue weighted by Crippen LogP contribution is -2.39. The van der Waals surface area contributed by atoms with Gasteiger partial charge in [-0.2, -0.15) is 0 Å². The fraction of sp³-hybridized carbons (Fsp3) is 0.680. The number of aliphatic hydroxyl groups excluding tert-OH is 1. The highest BCUT2D eigenvalue weighted by Crippen LogP contribution is 2.27. The summed E-state index contributed by atoms with van der Waals surface area (Å²) in [6.07, 6.45) is 19.0. The van der Waals surface area contributed by atoms with Gasteiger partial charge in [-0.3, -0.25) is 0 Å². The van der Waals surface area contributed by atoms with E-state index < -0.39 is 6.10 Å². The van der Waals surface area contributed by atoms with E-state index in [1.807, 2.05) is 36.4 Å². The molecule has 0 aliphatic carbocycles. The summed E-state index contributed by atoms with van der Waals surface area (Å²) in [5, 5.41) is 10.1. The van der Waals surface area contributed by atoms with Gasteiger partial charge in [0.2, 0.25) is 0 Å². The number of rotatable bonds is 14. The van der Waals surface area contributed by atoms with Crippen LogP contribution in [0.2, 0.25) is 0 Å². The van der Waals surface area contributed by atoms with Gasteiger partial charge in [0.1, 0.15) is 12.2 Å². The van der Waals surface area contributed by atoms with Gasteiger partial charge in [-0.05, 0) is 12.8 Å². The zero-order valence-corrected chi connectivity index (χ0v) is 17.7. The second-order valence-electron chi connectivity index (χ2n) is 8.00. The van der Waals surface area contributed by atoms with Crippen LogP contribution in [-0.4, -0.2) is 23.9 Å². The summed E-state index contributed by atoms with van der Waals surface area (Å²) in [5.74, 6) is 0. The number of hydrogen-bond acceptors (Lipinski definition) is 3. The summed E-state index contributed by atoms with van der Waals surface area (Å²) < 4.78 is 11.6. The molecule has 1 aliphatic heterocycles. The molecular weight excluding hydrogens is 348 g/mol. The van der Waals surface area contributed by atoms with Crippen LogP contribution in [0.25, 0.3) is 0 Å². The Hall–Kier alpha value is -1.16. The number of unbranched alkanes of at least 4 members (excludes halogenated alkanes) is 11. The van der Waals surface area contributed by atoms with Gasteiger partial charge in [-0.1, -0.05) is 114 Å². The molecule has 2 rings (SSSR count). The molecule has 28 heavy (non-hydrogen) atoms. The number of benzene rings is 1. The van der Waals surface area contributed by atoms with Crippen molar-refractivity contribution in [2.24, 2.45) is 0 Å². The van der Waals surface area contributed by atoms with Gasteiger partial charge in [0.15, 0.2) is 6.29 Å². The summed E-state index contributed by atoms with van der Waals surface area (Å²) in [6, 6.07) is 9.92. The largest absolute Gasteiger partial charge is 0.388 e. The smallest absolute Gasteiger partial charge is 0.184 e. The van der Waals surface area contributed by atoms with Crippen molar-refractivity contribution in [2.45, 2.75) is 102 Å². The molecule has 1 aliphatic rings. The normalized spacial score (nSPS) is 22.7. The molecule has 3 atom stereocenters. The monoisotopic (exact) mass is 388 g/mol. The van der Waals surface area contributed by atoms with Gasteiger partial charge in [0.25, 0.3) is 0 Å². The molecule has 3 heteroatoms. The minimum absolute atomic E-state index is 0.285. The zero-order valence-electron chi connectivity index (χ0n) is 17.7. The van der Waals surface area contributed by atoms with Gasteiger partial charge in [0, 0.05) is 5.56 Å². The highest BCUT2D eigenvalue weighted by molar-refractivity contribution is 5.16. The number of aliphatic hydroxyl groups is 1. The number of allylic oxidation sites excluding steroid dienone is 1. The van der Waals surface area contributed by atoms with Gasteiger partial charge in [-0.15, -0.1) is 0 Å². The van der Waals surface area contributed by atoms with E-state index >= 15 is 0 Å². The molecule has 0 saturated carbocycles. The van der Waals surface area contributed by atoms with Crippen molar-refractivity contribution in [1.82, 2.24) is 0 Å². The van der Waals surface area contributed by atoms with Crippen molar-refractivity contribution in [2.75, 3.05) is 6.61 Å². The standard InChI is InChI=1S/C25H40O3/c1-2-3-4-5-6-7-8-9-10-11-12-13-17-20-24-23(26)21-27-25(28-24)22-18-15-14-16-19-22/h14-20,23-26H,2-13,21H2,1H3/t23-,24+,25-/m1/s1. The van der Waals surface area contributed by atoms with Crippen LogP contribution in [0.3, 0.4) is 0 Å². The molecule has 1 aromatic carbocycles. The van der Waals surface area contributed by atoms with Crippen molar-refractivity contribution in [3.63, 3.8) is 0 Å². The summed E-state index contributed by atoms with van der Waals surface area (Å²) >= 11 is 0. The zero-order chi connectivity index (χ0) is 19.9. The van der Waals surface area contributed by atoms with E-state index in [-0.39, 0.29) is 12.4 Å². The molecule has 3 nitrogen and oxygen atoms in total. The molecule has 0 radical (unpaired) electrons. The molecule has 1 N–H and O–H groups in total. The lowest BCUT2D eigenvalue weighted by Gasteiger charge is -2.32. The van der Waals surface area contributed by atoms with E-state index in [1.54, 1.807) is 0 Å². The maximum absolute atomic E-state index is 10.1. The van der Waals surface area contributed by atoms with E-state index in [2.05, 4.69) is 13.0 Å². The SMILES string of the molecule is CCCCCCCCCCCCCC=C[C@@H]1O[C@H](c2ccccc2)OC[C@H]1O. The van der Waals surface area contributed by atoms with Crippen LogP contribution in [0.15, 0.2) is 42.5 Å². The first-order valence-electron chi connectivity index (χ1n) is 11.5. The highest BCUT2D eigenvalue weighted by atomic mass is 16.7. The summed E-state index contributed by atoms with van der Waals surface area (Å²) in [7, 11) is 0. The number of ether oxygens (including phenoxy) is 2. The fourth-order valence-electron chi connectivity index (χ4n) is 3.67. The van der Waals surface area contributed by atoms with Crippen LogP contribution < -0.4 is 0 Å². The molecule has 0 aromatic heterocycles. The van der Waals surface area contributed by atoms with Crippen LogP contribution in [0.4, 0.5) is 0 Å². The molecule has 0 bridgehead atoms.